The van der Waals surface area contributed by atoms with E-state index in [0.717, 1.165) is 4.90 Å². The quantitative estimate of drug-likeness (QED) is 0.726. The minimum atomic E-state index is -0.173. The zero-order valence-electron chi connectivity index (χ0n) is 13.8. The van der Waals surface area contributed by atoms with Crippen LogP contribution in [0.4, 0.5) is 5.69 Å². The number of hydrogen-bond acceptors (Lipinski definition) is 4. The molecule has 128 valence electrons. The topological polar surface area (TPSA) is 49.4 Å². The van der Waals surface area contributed by atoms with Crippen LogP contribution in [0.1, 0.15) is 33.9 Å². The Bertz CT molecular complexity index is 742. The molecule has 0 unspecified atom stereocenters. The Labute approximate surface area is 155 Å². The number of nitrogens with one attached hydrogen (secondary N) is 1. The maximum Gasteiger partial charge on any atom is 0.266 e. The van der Waals surface area contributed by atoms with E-state index in [-0.39, 0.29) is 11.8 Å². The van der Waals surface area contributed by atoms with Crippen molar-refractivity contribution < 1.29 is 9.59 Å². The van der Waals surface area contributed by atoms with Crippen LogP contribution in [-0.4, -0.2) is 36.1 Å². The molecule has 24 heavy (non-hydrogen) atoms. The summed E-state index contributed by atoms with van der Waals surface area (Å²) in [6, 6.07) is 6.89. The molecule has 1 aromatic heterocycles. The van der Waals surface area contributed by atoms with Crippen molar-refractivity contribution in [1.82, 2.24) is 4.90 Å². The molecular formula is C17H19ClN2O2S2. The highest BCUT2D eigenvalue weighted by Gasteiger charge is 2.17. The zero-order valence-corrected chi connectivity index (χ0v) is 16.1. The standard InChI is InChI=1S/C17H19ClN2O2S2/c1-4-20(5-2)17(22)12-7-6-11(10-13(12)18)19-16(21)15-14(23-3)8-9-24-15/h6-10H,4-5H2,1-3H3,(H,19,21). The molecule has 7 heteroatoms. The van der Waals surface area contributed by atoms with Crippen LogP contribution in [0.25, 0.3) is 0 Å². The van der Waals surface area contributed by atoms with Crippen molar-refractivity contribution in [2.24, 2.45) is 0 Å². The van der Waals surface area contributed by atoms with Gasteiger partial charge in [-0.25, -0.2) is 0 Å². The zero-order chi connectivity index (χ0) is 17.7. The summed E-state index contributed by atoms with van der Waals surface area (Å²) < 4.78 is 0. The van der Waals surface area contributed by atoms with Gasteiger partial charge in [0.05, 0.1) is 10.6 Å². The van der Waals surface area contributed by atoms with Gasteiger partial charge in [-0.15, -0.1) is 23.1 Å². The van der Waals surface area contributed by atoms with E-state index in [2.05, 4.69) is 5.32 Å². The fourth-order valence-electron chi connectivity index (χ4n) is 2.26. The van der Waals surface area contributed by atoms with Gasteiger partial charge in [0.25, 0.3) is 11.8 Å². The first-order chi connectivity index (χ1) is 11.5. The van der Waals surface area contributed by atoms with Gasteiger partial charge < -0.3 is 10.2 Å². The maximum atomic E-state index is 12.4. The molecule has 0 bridgehead atoms. The molecule has 2 aromatic rings. The molecule has 0 atom stereocenters. The minimum absolute atomic E-state index is 0.106. The predicted molar refractivity (Wildman–Crippen MR) is 103 cm³/mol. The van der Waals surface area contributed by atoms with Crippen LogP contribution in [0, 0.1) is 0 Å². The number of carbonyl (C=O) groups excluding carboxylic acids is 2. The smallest absolute Gasteiger partial charge is 0.266 e. The average molecular weight is 383 g/mol. The van der Waals surface area contributed by atoms with Crippen molar-refractivity contribution in [3.63, 3.8) is 0 Å². The summed E-state index contributed by atoms with van der Waals surface area (Å²) in [6.45, 7) is 5.10. The Balaban J connectivity index is 2.18. The van der Waals surface area contributed by atoms with Crippen molar-refractivity contribution in [1.29, 1.82) is 0 Å². The third kappa shape index (κ3) is 4.12. The van der Waals surface area contributed by atoms with E-state index < -0.39 is 0 Å². The van der Waals surface area contributed by atoms with E-state index in [0.29, 0.717) is 34.2 Å². The summed E-state index contributed by atoms with van der Waals surface area (Å²) in [5, 5.41) is 5.05. The second-order valence-corrected chi connectivity index (χ2v) is 7.12. The summed E-state index contributed by atoms with van der Waals surface area (Å²) in [5.74, 6) is -0.279. The molecule has 1 N–H and O–H groups in total. The van der Waals surface area contributed by atoms with E-state index >= 15 is 0 Å². The normalized spacial score (nSPS) is 10.5. The Kier molecular flexibility index (Phi) is 6.71. The molecule has 0 aliphatic carbocycles. The number of anilines is 1. The molecule has 0 aliphatic heterocycles. The highest BCUT2D eigenvalue weighted by molar-refractivity contribution is 7.98. The third-order valence-electron chi connectivity index (χ3n) is 3.56. The Hall–Kier alpha value is -1.50. The molecule has 0 spiro atoms. The molecule has 4 nitrogen and oxygen atoms in total. The van der Waals surface area contributed by atoms with E-state index in [4.69, 9.17) is 11.6 Å². The largest absolute Gasteiger partial charge is 0.339 e. The lowest BCUT2D eigenvalue weighted by atomic mass is 10.1. The predicted octanol–water partition coefficient (Wildman–Crippen LogP) is 4.86. The summed E-state index contributed by atoms with van der Waals surface area (Å²) in [6.07, 6.45) is 1.93. The van der Waals surface area contributed by atoms with Crippen LogP contribution in [-0.2, 0) is 0 Å². The van der Waals surface area contributed by atoms with Crippen molar-refractivity contribution in [2.45, 2.75) is 18.7 Å². The number of hydrogen-bond donors (Lipinski definition) is 1. The van der Waals surface area contributed by atoms with Gasteiger partial charge in [-0.1, -0.05) is 11.6 Å². The van der Waals surface area contributed by atoms with Crippen LogP contribution >= 0.6 is 34.7 Å². The van der Waals surface area contributed by atoms with Gasteiger partial charge in [0.2, 0.25) is 0 Å². The SMILES string of the molecule is CCN(CC)C(=O)c1ccc(NC(=O)c2sccc2SC)cc1Cl. The second kappa shape index (κ2) is 8.55. The molecule has 0 saturated heterocycles. The number of thioether (sulfide) groups is 1. The van der Waals surface area contributed by atoms with Gasteiger partial charge in [-0.3, -0.25) is 9.59 Å². The highest BCUT2D eigenvalue weighted by atomic mass is 35.5. The monoisotopic (exact) mass is 382 g/mol. The Morgan fingerprint density at radius 1 is 1.25 bits per heavy atom. The lowest BCUT2D eigenvalue weighted by Gasteiger charge is -2.19. The number of thiophene rings is 1. The first kappa shape index (κ1) is 18.8. The molecular weight excluding hydrogens is 364 g/mol. The molecule has 0 fully saturated rings. The van der Waals surface area contributed by atoms with Gasteiger partial charge in [0.15, 0.2) is 0 Å². The molecule has 1 aromatic carbocycles. The molecule has 0 saturated carbocycles. The Morgan fingerprint density at radius 3 is 2.54 bits per heavy atom. The third-order valence-corrected chi connectivity index (χ3v) is 5.70. The van der Waals surface area contributed by atoms with Gasteiger partial charge >= 0.3 is 0 Å². The van der Waals surface area contributed by atoms with Crippen molar-refractivity contribution >= 4 is 52.2 Å². The molecule has 0 aliphatic rings. The first-order valence-corrected chi connectivity index (χ1v) is 10.0. The summed E-state index contributed by atoms with van der Waals surface area (Å²) in [7, 11) is 0. The van der Waals surface area contributed by atoms with E-state index in [1.54, 1.807) is 23.1 Å². The van der Waals surface area contributed by atoms with Crippen LogP contribution < -0.4 is 5.32 Å². The van der Waals surface area contributed by atoms with Crippen LogP contribution in [0.3, 0.4) is 0 Å². The van der Waals surface area contributed by atoms with E-state index in [1.165, 1.54) is 23.1 Å². The number of halogens is 1. The summed E-state index contributed by atoms with van der Waals surface area (Å²) >= 11 is 9.18. The minimum Gasteiger partial charge on any atom is -0.339 e. The lowest BCUT2D eigenvalue weighted by Crippen LogP contribution is -2.30. The number of amides is 2. The van der Waals surface area contributed by atoms with Crippen molar-refractivity contribution in [2.75, 3.05) is 24.7 Å². The average Bonchev–Trinajstić information content (AvgIpc) is 3.04. The van der Waals surface area contributed by atoms with Crippen molar-refractivity contribution in [3.8, 4) is 0 Å². The highest BCUT2D eigenvalue weighted by Crippen LogP contribution is 2.27. The number of nitrogens with zero attached hydrogens (tertiary/aromatic N) is 1. The number of benzene rings is 1. The number of carbonyl (C=O) groups is 2. The van der Waals surface area contributed by atoms with E-state index in [1.807, 2.05) is 31.5 Å². The van der Waals surface area contributed by atoms with Gasteiger partial charge in [-0.2, -0.15) is 0 Å². The second-order valence-electron chi connectivity index (χ2n) is 4.94. The molecule has 0 radical (unpaired) electrons. The van der Waals surface area contributed by atoms with Gasteiger partial charge in [0, 0.05) is 23.7 Å². The Morgan fingerprint density at radius 2 is 1.96 bits per heavy atom. The summed E-state index contributed by atoms with van der Waals surface area (Å²) in [5.41, 5.74) is 1.01. The van der Waals surface area contributed by atoms with Crippen LogP contribution in [0.5, 0.6) is 0 Å². The van der Waals surface area contributed by atoms with E-state index in [9.17, 15) is 9.59 Å². The van der Waals surface area contributed by atoms with Gasteiger partial charge in [-0.05, 0) is 49.7 Å². The number of rotatable bonds is 6. The fraction of sp³-hybridized carbons (Fsp3) is 0.294. The van der Waals surface area contributed by atoms with Crippen molar-refractivity contribution in [3.05, 3.63) is 45.1 Å². The van der Waals surface area contributed by atoms with Crippen LogP contribution in [0.15, 0.2) is 34.5 Å². The fourth-order valence-corrected chi connectivity index (χ4v) is 4.17. The van der Waals surface area contributed by atoms with Crippen LogP contribution in [0.2, 0.25) is 5.02 Å². The molecule has 1 heterocycles. The first-order valence-electron chi connectivity index (χ1n) is 7.53. The molecule has 2 rings (SSSR count). The maximum absolute atomic E-state index is 12.4. The lowest BCUT2D eigenvalue weighted by molar-refractivity contribution is 0.0773. The van der Waals surface area contributed by atoms with Gasteiger partial charge in [0.1, 0.15) is 4.88 Å². The molecule has 2 amide bonds. The summed E-state index contributed by atoms with van der Waals surface area (Å²) in [4.78, 5) is 28.1.